The number of nitrogens with one attached hydrogen (secondary N) is 2. The highest BCUT2D eigenvalue weighted by molar-refractivity contribution is 6.41. The molecule has 0 fully saturated rings. The maximum absolute atomic E-state index is 13.5. The van der Waals surface area contributed by atoms with E-state index in [0.29, 0.717) is 11.4 Å². The minimum Gasteiger partial charge on any atom is -0.461 e. The number of nitrogens with zero attached hydrogens (tertiary/aromatic N) is 1. The quantitative estimate of drug-likeness (QED) is 0.827. The molecule has 106 valence electrons. The molecule has 1 amide bonds. The Balaban J connectivity index is 2.52. The second-order valence-electron chi connectivity index (χ2n) is 4.10. The van der Waals surface area contributed by atoms with Crippen LogP contribution in [0.3, 0.4) is 0 Å². The van der Waals surface area contributed by atoms with Gasteiger partial charge in [-0.15, -0.1) is 0 Å². The van der Waals surface area contributed by atoms with E-state index >= 15 is 0 Å². The van der Waals surface area contributed by atoms with Gasteiger partial charge in [-0.2, -0.15) is 0 Å². The van der Waals surface area contributed by atoms with Crippen molar-refractivity contribution in [1.29, 1.82) is 0 Å². The van der Waals surface area contributed by atoms with Gasteiger partial charge in [-0.3, -0.25) is 4.79 Å². The molecule has 20 heavy (non-hydrogen) atoms. The minimum absolute atomic E-state index is 0.0456. The summed E-state index contributed by atoms with van der Waals surface area (Å²) in [5.74, 6) is -1.60. The van der Waals surface area contributed by atoms with Crippen molar-refractivity contribution >= 4 is 34.7 Å². The number of rotatable bonds is 3. The second-order valence-corrected chi connectivity index (χ2v) is 4.10. The minimum atomic E-state index is -0.675. The molecule has 0 radical (unpaired) electrons. The van der Waals surface area contributed by atoms with Gasteiger partial charge in [0.1, 0.15) is 11.5 Å². The van der Waals surface area contributed by atoms with Gasteiger partial charge in [-0.05, 0) is 13.0 Å². The van der Waals surface area contributed by atoms with E-state index in [9.17, 15) is 14.0 Å². The Hall–Kier alpha value is -2.44. The molecule has 2 N–H and O–H groups in total. The average molecular weight is 279 g/mol. The zero-order valence-electron chi connectivity index (χ0n) is 11.1. The Morgan fingerprint density at radius 3 is 2.95 bits per heavy atom. The van der Waals surface area contributed by atoms with Crippen LogP contribution in [0.5, 0.6) is 0 Å². The van der Waals surface area contributed by atoms with Crippen LogP contribution in [0, 0.1) is 5.82 Å². The molecule has 1 aliphatic rings. The van der Waals surface area contributed by atoms with Crippen LogP contribution in [0.25, 0.3) is 0 Å². The van der Waals surface area contributed by atoms with Crippen LogP contribution in [-0.2, 0) is 14.3 Å². The van der Waals surface area contributed by atoms with Gasteiger partial charge in [0, 0.05) is 13.1 Å². The summed E-state index contributed by atoms with van der Waals surface area (Å²) in [4.78, 5) is 27.6. The molecule has 0 aliphatic carbocycles. The standard InChI is InChI=1S/C13H14FN3O3/c1-3-20-13(19)10-6-11(18)17-12-8(15-2)4-7(14)5-9(12)16-10/h4-5,15H,3,6H2,1-2H3,(H,17,18). The van der Waals surface area contributed by atoms with Crippen LogP contribution in [0.1, 0.15) is 13.3 Å². The Morgan fingerprint density at radius 2 is 2.30 bits per heavy atom. The maximum atomic E-state index is 13.5. The summed E-state index contributed by atoms with van der Waals surface area (Å²) in [5.41, 5.74) is 0.874. The molecule has 1 heterocycles. The SMILES string of the molecule is CCOC(=O)C1=Nc2cc(F)cc(NC)c2NC(=O)C1. The molecular weight excluding hydrogens is 265 g/mol. The molecular formula is C13H14FN3O3. The number of aliphatic imine (C=N–C) groups is 1. The number of carbonyl (C=O) groups is 2. The fraction of sp³-hybridized carbons (Fsp3) is 0.308. The van der Waals surface area contributed by atoms with Crippen molar-refractivity contribution < 1.29 is 18.7 Å². The molecule has 1 aliphatic heterocycles. The third kappa shape index (κ3) is 2.76. The highest BCUT2D eigenvalue weighted by atomic mass is 19.1. The zero-order valence-corrected chi connectivity index (χ0v) is 11.1. The fourth-order valence-electron chi connectivity index (χ4n) is 1.86. The van der Waals surface area contributed by atoms with Crippen molar-refractivity contribution in [2.45, 2.75) is 13.3 Å². The molecule has 1 aromatic carbocycles. The molecule has 1 aromatic rings. The lowest BCUT2D eigenvalue weighted by Crippen LogP contribution is -2.22. The van der Waals surface area contributed by atoms with Gasteiger partial charge in [0.25, 0.3) is 0 Å². The van der Waals surface area contributed by atoms with Crippen molar-refractivity contribution in [3.8, 4) is 0 Å². The molecule has 7 heteroatoms. The summed E-state index contributed by atoms with van der Waals surface area (Å²) in [5, 5.41) is 5.38. The molecule has 0 bridgehead atoms. The van der Waals surface area contributed by atoms with E-state index in [0.717, 1.165) is 6.07 Å². The maximum Gasteiger partial charge on any atom is 0.353 e. The van der Waals surface area contributed by atoms with E-state index in [1.165, 1.54) is 6.07 Å². The molecule has 0 atom stereocenters. The van der Waals surface area contributed by atoms with Gasteiger partial charge in [0.2, 0.25) is 5.91 Å². The third-order valence-corrected chi connectivity index (χ3v) is 2.71. The number of carbonyl (C=O) groups excluding carboxylic acids is 2. The monoisotopic (exact) mass is 279 g/mol. The molecule has 0 aromatic heterocycles. The lowest BCUT2D eigenvalue weighted by atomic mass is 10.2. The summed E-state index contributed by atoms with van der Waals surface area (Å²) >= 11 is 0. The Bertz CT molecular complexity index is 599. The van der Waals surface area contributed by atoms with Gasteiger partial charge < -0.3 is 15.4 Å². The fourth-order valence-corrected chi connectivity index (χ4v) is 1.86. The third-order valence-electron chi connectivity index (χ3n) is 2.71. The van der Waals surface area contributed by atoms with Crippen LogP contribution in [0.15, 0.2) is 17.1 Å². The Kier molecular flexibility index (Phi) is 3.97. The molecule has 6 nitrogen and oxygen atoms in total. The van der Waals surface area contributed by atoms with E-state index < -0.39 is 17.7 Å². The van der Waals surface area contributed by atoms with Gasteiger partial charge in [0.05, 0.1) is 30.1 Å². The first-order valence-corrected chi connectivity index (χ1v) is 6.11. The lowest BCUT2D eigenvalue weighted by Gasteiger charge is -2.11. The number of anilines is 2. The predicted octanol–water partition coefficient (Wildman–Crippen LogP) is 1.85. The lowest BCUT2D eigenvalue weighted by molar-refractivity contribution is -0.135. The Morgan fingerprint density at radius 1 is 1.55 bits per heavy atom. The second kappa shape index (κ2) is 5.68. The molecule has 0 unspecified atom stereocenters. The van der Waals surface area contributed by atoms with Crippen molar-refractivity contribution in [3.05, 3.63) is 17.9 Å². The summed E-state index contributed by atoms with van der Waals surface area (Å²) < 4.78 is 18.3. The van der Waals surface area contributed by atoms with Gasteiger partial charge in [-0.1, -0.05) is 0 Å². The van der Waals surface area contributed by atoms with E-state index in [1.54, 1.807) is 14.0 Å². The van der Waals surface area contributed by atoms with E-state index in [1.807, 2.05) is 0 Å². The average Bonchev–Trinajstić information content (AvgIpc) is 2.56. The number of benzene rings is 1. The highest BCUT2D eigenvalue weighted by Crippen LogP contribution is 2.36. The van der Waals surface area contributed by atoms with Gasteiger partial charge in [-0.25, -0.2) is 14.2 Å². The van der Waals surface area contributed by atoms with E-state index in [2.05, 4.69) is 15.6 Å². The summed E-state index contributed by atoms with van der Waals surface area (Å²) in [6.45, 7) is 1.83. The zero-order chi connectivity index (χ0) is 14.7. The van der Waals surface area contributed by atoms with Crippen LogP contribution >= 0.6 is 0 Å². The number of halogens is 1. The molecule has 0 spiro atoms. The van der Waals surface area contributed by atoms with Crippen molar-refractivity contribution in [2.75, 3.05) is 24.3 Å². The van der Waals surface area contributed by atoms with E-state index in [-0.39, 0.29) is 24.4 Å². The summed E-state index contributed by atoms with van der Waals surface area (Å²) in [7, 11) is 1.60. The number of hydrogen-bond donors (Lipinski definition) is 2. The van der Waals surface area contributed by atoms with Gasteiger partial charge >= 0.3 is 5.97 Å². The number of hydrogen-bond acceptors (Lipinski definition) is 5. The number of esters is 1. The molecule has 0 saturated carbocycles. The normalized spacial score (nSPS) is 13.8. The first-order chi connectivity index (χ1) is 9.55. The first kappa shape index (κ1) is 14.0. The summed E-state index contributed by atoms with van der Waals surface area (Å²) in [6.07, 6.45) is -0.210. The number of fused-ring (bicyclic) bond motifs is 1. The molecule has 0 saturated heterocycles. The molecule has 2 rings (SSSR count). The number of ether oxygens (including phenoxy) is 1. The van der Waals surface area contributed by atoms with Crippen LogP contribution in [0.2, 0.25) is 0 Å². The van der Waals surface area contributed by atoms with Crippen LogP contribution < -0.4 is 10.6 Å². The summed E-state index contributed by atoms with van der Waals surface area (Å²) in [6, 6.07) is 2.39. The van der Waals surface area contributed by atoms with Crippen LogP contribution in [-0.4, -0.2) is 31.2 Å². The van der Waals surface area contributed by atoms with E-state index in [4.69, 9.17) is 4.74 Å². The Labute approximate surface area is 115 Å². The van der Waals surface area contributed by atoms with Crippen molar-refractivity contribution in [2.24, 2.45) is 4.99 Å². The topological polar surface area (TPSA) is 79.8 Å². The van der Waals surface area contributed by atoms with Gasteiger partial charge in [0.15, 0.2) is 0 Å². The smallest absolute Gasteiger partial charge is 0.353 e. The highest BCUT2D eigenvalue weighted by Gasteiger charge is 2.24. The predicted molar refractivity (Wildman–Crippen MR) is 72.9 cm³/mol. The first-order valence-electron chi connectivity index (χ1n) is 6.11. The van der Waals surface area contributed by atoms with Crippen LogP contribution in [0.4, 0.5) is 21.5 Å². The largest absolute Gasteiger partial charge is 0.461 e. The van der Waals surface area contributed by atoms with Crippen molar-refractivity contribution in [3.63, 3.8) is 0 Å². The number of amides is 1. The van der Waals surface area contributed by atoms with Crippen molar-refractivity contribution in [1.82, 2.24) is 0 Å².